The lowest BCUT2D eigenvalue weighted by Gasteiger charge is -2.23. The van der Waals surface area contributed by atoms with Crippen LogP contribution in [0.4, 0.5) is 17.8 Å². The van der Waals surface area contributed by atoms with E-state index < -0.39 is 0 Å². The fourth-order valence-corrected chi connectivity index (χ4v) is 3.03. The Morgan fingerprint density at radius 1 is 1.21 bits per heavy atom. The van der Waals surface area contributed by atoms with Gasteiger partial charge in [-0.1, -0.05) is 13.8 Å². The van der Waals surface area contributed by atoms with Gasteiger partial charge in [-0.25, -0.2) is 0 Å². The van der Waals surface area contributed by atoms with Crippen LogP contribution < -0.4 is 15.5 Å². The van der Waals surface area contributed by atoms with Crippen molar-refractivity contribution in [1.82, 2.24) is 15.0 Å². The van der Waals surface area contributed by atoms with E-state index in [9.17, 15) is 0 Å². The maximum atomic E-state index is 5.78. The van der Waals surface area contributed by atoms with Gasteiger partial charge in [0.25, 0.3) is 0 Å². The highest BCUT2D eigenvalue weighted by molar-refractivity contribution is 8.00. The molecule has 0 aromatic carbocycles. The Labute approximate surface area is 118 Å². The minimum Gasteiger partial charge on any atom is -0.368 e. The highest BCUT2D eigenvalue weighted by Gasteiger charge is 2.25. The number of nitrogens with two attached hydrogens (primary N) is 1. The van der Waals surface area contributed by atoms with E-state index in [0.717, 1.165) is 25.3 Å². The van der Waals surface area contributed by atoms with E-state index in [2.05, 4.69) is 33.7 Å². The van der Waals surface area contributed by atoms with Gasteiger partial charge in [-0.2, -0.15) is 26.7 Å². The van der Waals surface area contributed by atoms with E-state index >= 15 is 0 Å². The molecule has 0 radical (unpaired) electrons. The lowest BCUT2D eigenvalue weighted by atomic mass is 10.1. The van der Waals surface area contributed by atoms with E-state index in [4.69, 9.17) is 5.73 Å². The summed E-state index contributed by atoms with van der Waals surface area (Å²) in [7, 11) is 3.81. The van der Waals surface area contributed by atoms with E-state index in [1.54, 1.807) is 0 Å². The van der Waals surface area contributed by atoms with Crippen LogP contribution in [-0.2, 0) is 0 Å². The molecule has 1 aliphatic rings. The van der Waals surface area contributed by atoms with Crippen molar-refractivity contribution in [3.05, 3.63) is 0 Å². The maximum absolute atomic E-state index is 5.78. The molecule has 2 N–H and O–H groups in total. The molecule has 0 spiro atoms. The van der Waals surface area contributed by atoms with Gasteiger partial charge in [0.2, 0.25) is 17.8 Å². The number of aromatic nitrogens is 3. The third-order valence-corrected chi connectivity index (χ3v) is 4.52. The maximum Gasteiger partial charge on any atom is 0.231 e. The van der Waals surface area contributed by atoms with Crippen LogP contribution in [0.3, 0.4) is 0 Å². The number of nitrogens with zero attached hydrogens (tertiary/aromatic N) is 5. The van der Waals surface area contributed by atoms with Crippen LogP contribution in [0.1, 0.15) is 20.3 Å². The Kier molecular flexibility index (Phi) is 4.03. The first-order valence-corrected chi connectivity index (χ1v) is 7.44. The van der Waals surface area contributed by atoms with Crippen LogP contribution in [0.25, 0.3) is 0 Å². The molecule has 0 amide bonds. The molecule has 0 atom stereocenters. The number of hydrogen-bond acceptors (Lipinski definition) is 7. The van der Waals surface area contributed by atoms with Crippen LogP contribution >= 0.6 is 11.8 Å². The molecule has 19 heavy (non-hydrogen) atoms. The molecular weight excluding hydrogens is 260 g/mol. The molecule has 6 nitrogen and oxygen atoms in total. The minimum atomic E-state index is 0.282. The van der Waals surface area contributed by atoms with Gasteiger partial charge < -0.3 is 15.5 Å². The van der Waals surface area contributed by atoms with Crippen molar-refractivity contribution in [1.29, 1.82) is 0 Å². The molecule has 1 aliphatic heterocycles. The quantitative estimate of drug-likeness (QED) is 0.875. The fourth-order valence-electron chi connectivity index (χ4n) is 1.93. The first kappa shape index (κ1) is 14.2. The van der Waals surface area contributed by atoms with E-state index in [1.165, 1.54) is 0 Å². The van der Waals surface area contributed by atoms with Gasteiger partial charge in [-0.3, -0.25) is 0 Å². The average molecular weight is 282 g/mol. The van der Waals surface area contributed by atoms with Crippen molar-refractivity contribution in [3.63, 3.8) is 0 Å². The lowest BCUT2D eigenvalue weighted by Crippen LogP contribution is -2.30. The second-order valence-electron chi connectivity index (χ2n) is 5.53. The molecule has 1 saturated heterocycles. The summed E-state index contributed by atoms with van der Waals surface area (Å²) in [6, 6.07) is 0. The molecule has 0 bridgehead atoms. The first-order valence-electron chi connectivity index (χ1n) is 6.45. The summed E-state index contributed by atoms with van der Waals surface area (Å²) in [5, 5.41) is 0. The van der Waals surface area contributed by atoms with E-state index in [0.29, 0.717) is 16.6 Å². The molecule has 1 fully saturated rings. The zero-order chi connectivity index (χ0) is 14.0. The summed E-state index contributed by atoms with van der Waals surface area (Å²) >= 11 is 2.00. The largest absolute Gasteiger partial charge is 0.368 e. The number of hydrogen-bond donors (Lipinski definition) is 1. The van der Waals surface area contributed by atoms with Crippen molar-refractivity contribution in [3.8, 4) is 0 Å². The highest BCUT2D eigenvalue weighted by Crippen LogP contribution is 2.31. The normalized spacial score (nSPS) is 19.1. The van der Waals surface area contributed by atoms with Crippen molar-refractivity contribution in [2.45, 2.75) is 25.0 Å². The number of anilines is 3. The van der Waals surface area contributed by atoms with Crippen molar-refractivity contribution in [2.75, 3.05) is 48.5 Å². The van der Waals surface area contributed by atoms with Crippen LogP contribution in [0.5, 0.6) is 0 Å². The van der Waals surface area contributed by atoms with Crippen molar-refractivity contribution in [2.24, 2.45) is 0 Å². The van der Waals surface area contributed by atoms with Gasteiger partial charge in [-0.05, 0) is 6.42 Å². The van der Waals surface area contributed by atoms with Crippen LogP contribution in [0.2, 0.25) is 0 Å². The molecule has 1 aromatic rings. The van der Waals surface area contributed by atoms with Gasteiger partial charge in [0.05, 0.1) is 0 Å². The Hall–Kier alpha value is -1.24. The van der Waals surface area contributed by atoms with Gasteiger partial charge in [0, 0.05) is 37.7 Å². The Morgan fingerprint density at radius 3 is 2.63 bits per heavy atom. The smallest absolute Gasteiger partial charge is 0.231 e. The van der Waals surface area contributed by atoms with Gasteiger partial charge in [0.1, 0.15) is 0 Å². The Bertz CT molecular complexity index is 448. The van der Waals surface area contributed by atoms with Crippen LogP contribution in [-0.4, -0.2) is 52.6 Å². The van der Waals surface area contributed by atoms with Crippen molar-refractivity contribution >= 4 is 29.6 Å². The summed E-state index contributed by atoms with van der Waals surface area (Å²) in [5.74, 6) is 2.66. The molecule has 2 heterocycles. The zero-order valence-electron chi connectivity index (χ0n) is 12.1. The minimum absolute atomic E-state index is 0.282. The molecular formula is C12H22N6S. The molecule has 0 unspecified atom stereocenters. The molecule has 7 heteroatoms. The van der Waals surface area contributed by atoms with Gasteiger partial charge >= 0.3 is 0 Å². The SMILES string of the molecule is CN(C)c1nc(N)nc(N2CCSC(C)(C)CC2)n1. The number of thioether (sulfide) groups is 1. The Morgan fingerprint density at radius 2 is 1.95 bits per heavy atom. The fraction of sp³-hybridized carbons (Fsp3) is 0.750. The molecule has 0 saturated carbocycles. The molecule has 106 valence electrons. The summed E-state index contributed by atoms with van der Waals surface area (Å²) < 4.78 is 0.317. The predicted molar refractivity (Wildman–Crippen MR) is 81.9 cm³/mol. The number of rotatable bonds is 2. The zero-order valence-corrected chi connectivity index (χ0v) is 12.9. The summed E-state index contributed by atoms with van der Waals surface area (Å²) in [5.41, 5.74) is 5.78. The van der Waals surface area contributed by atoms with Crippen LogP contribution in [0, 0.1) is 0 Å². The van der Waals surface area contributed by atoms with Gasteiger partial charge in [-0.15, -0.1) is 0 Å². The van der Waals surface area contributed by atoms with Gasteiger partial charge in [0.15, 0.2) is 0 Å². The lowest BCUT2D eigenvalue weighted by molar-refractivity contribution is 0.631. The highest BCUT2D eigenvalue weighted by atomic mass is 32.2. The molecule has 0 aliphatic carbocycles. The van der Waals surface area contributed by atoms with Crippen molar-refractivity contribution < 1.29 is 0 Å². The second kappa shape index (κ2) is 5.40. The second-order valence-corrected chi connectivity index (χ2v) is 7.34. The molecule has 2 rings (SSSR count). The van der Waals surface area contributed by atoms with Crippen LogP contribution in [0.15, 0.2) is 0 Å². The average Bonchev–Trinajstić information content (AvgIpc) is 2.49. The third kappa shape index (κ3) is 3.62. The number of nitrogen functional groups attached to an aromatic ring is 1. The monoisotopic (exact) mass is 282 g/mol. The van der Waals surface area contributed by atoms with E-state index in [1.807, 2.05) is 30.8 Å². The standard InChI is InChI=1S/C12H22N6S/c1-12(2)5-6-18(7-8-19-12)11-15-9(13)14-10(16-11)17(3)4/h5-8H2,1-4H3,(H2,13,14,15,16). The Balaban J connectivity index is 2.21. The summed E-state index contributed by atoms with van der Waals surface area (Å²) in [6.07, 6.45) is 1.11. The summed E-state index contributed by atoms with van der Waals surface area (Å²) in [4.78, 5) is 16.9. The third-order valence-electron chi connectivity index (χ3n) is 3.15. The first-order chi connectivity index (χ1) is 8.87. The molecule has 1 aromatic heterocycles. The van der Waals surface area contributed by atoms with E-state index in [-0.39, 0.29) is 5.95 Å². The predicted octanol–water partition coefficient (Wildman–Crippen LogP) is 1.24. The topological polar surface area (TPSA) is 71.2 Å². The summed E-state index contributed by atoms with van der Waals surface area (Å²) in [6.45, 7) is 6.48.